The highest BCUT2D eigenvalue weighted by atomic mass is 79.9. The number of benzene rings is 3. The number of hydrogen-bond donors (Lipinski definition) is 2. The van der Waals surface area contributed by atoms with Crippen molar-refractivity contribution in [1.29, 1.82) is 0 Å². The minimum absolute atomic E-state index is 0.0952. The number of Topliss-reactive ketones (excluding diaryl/α,β-unsaturated/α-hetero) is 1. The number of hydrogen-bond acceptors (Lipinski definition) is 7. The van der Waals surface area contributed by atoms with Crippen LogP contribution in [0.5, 0.6) is 23.0 Å². The highest BCUT2D eigenvalue weighted by molar-refractivity contribution is 9.10. The Morgan fingerprint density at radius 2 is 1.69 bits per heavy atom. The summed E-state index contributed by atoms with van der Waals surface area (Å²) in [6.07, 6.45) is 2.55. The first-order valence-electron chi connectivity index (χ1n) is 11.7. The third kappa shape index (κ3) is 3.86. The van der Waals surface area contributed by atoms with Gasteiger partial charge in [0, 0.05) is 22.5 Å². The van der Waals surface area contributed by atoms with E-state index in [1.54, 1.807) is 14.2 Å². The topological polar surface area (TPSA) is 78.0 Å². The van der Waals surface area contributed by atoms with Crippen LogP contribution in [0.3, 0.4) is 0 Å². The summed E-state index contributed by atoms with van der Waals surface area (Å²) < 4.78 is 23.0. The van der Waals surface area contributed by atoms with Crippen LogP contribution < -0.4 is 29.6 Å². The summed E-state index contributed by atoms with van der Waals surface area (Å²) in [7, 11) is 3.23. The predicted octanol–water partition coefficient (Wildman–Crippen LogP) is 6.03. The Balaban J connectivity index is 1.46. The summed E-state index contributed by atoms with van der Waals surface area (Å²) in [6.45, 7) is 0.189. The maximum Gasteiger partial charge on any atom is 0.231 e. The zero-order valence-electron chi connectivity index (χ0n) is 19.8. The highest BCUT2D eigenvalue weighted by Crippen LogP contribution is 2.48. The van der Waals surface area contributed by atoms with Crippen molar-refractivity contribution in [3.05, 3.63) is 82.0 Å². The van der Waals surface area contributed by atoms with Gasteiger partial charge in [-0.15, -0.1) is 0 Å². The smallest absolute Gasteiger partial charge is 0.231 e. The van der Waals surface area contributed by atoms with Crippen LogP contribution in [-0.4, -0.2) is 26.8 Å². The number of carbonyl (C=O) groups excluding carboxylic acids is 1. The summed E-state index contributed by atoms with van der Waals surface area (Å²) in [4.78, 5) is 13.9. The van der Waals surface area contributed by atoms with Gasteiger partial charge in [0.2, 0.25) is 6.79 Å². The molecule has 0 saturated heterocycles. The first kappa shape index (κ1) is 22.8. The number of para-hydroxylation sites is 2. The molecule has 2 heterocycles. The first-order valence-corrected chi connectivity index (χ1v) is 12.5. The Morgan fingerprint density at radius 1 is 0.944 bits per heavy atom. The van der Waals surface area contributed by atoms with Gasteiger partial charge in [-0.1, -0.05) is 40.2 Å². The lowest BCUT2D eigenvalue weighted by molar-refractivity contribution is -0.122. The van der Waals surface area contributed by atoms with Crippen molar-refractivity contribution in [1.82, 2.24) is 0 Å². The van der Waals surface area contributed by atoms with Gasteiger partial charge in [0.05, 0.1) is 37.6 Å². The lowest BCUT2D eigenvalue weighted by Crippen LogP contribution is -2.34. The van der Waals surface area contributed by atoms with E-state index in [1.165, 1.54) is 0 Å². The zero-order valence-corrected chi connectivity index (χ0v) is 21.4. The highest BCUT2D eigenvalue weighted by Gasteiger charge is 2.41. The SMILES string of the molecule is COc1ccc(C2C=C3Nc4ccccc4NC(c4cc5c(cc4Br)OCO5)C3C(=O)C2)cc1OC. The fourth-order valence-corrected chi connectivity index (χ4v) is 5.80. The number of nitrogens with one attached hydrogen (secondary N) is 2. The van der Waals surface area contributed by atoms with Crippen LogP contribution in [0, 0.1) is 5.92 Å². The minimum Gasteiger partial charge on any atom is -0.493 e. The standard InChI is InChI=1S/C28H25BrN2O5/c1-33-23-8-7-15(11-24(23)34-2)16-9-21-27(22(32)10-16)28(31-20-6-4-3-5-19(20)30-21)17-12-25-26(13-18(17)29)36-14-35-25/h3-9,11-13,16,27-28,30-31H,10,14H2,1-2H3. The van der Waals surface area contributed by atoms with Gasteiger partial charge in [0.1, 0.15) is 5.78 Å². The fraction of sp³-hybridized carbons (Fsp3) is 0.250. The molecule has 36 heavy (non-hydrogen) atoms. The van der Waals surface area contributed by atoms with Crippen molar-refractivity contribution in [2.24, 2.45) is 5.92 Å². The van der Waals surface area contributed by atoms with E-state index in [4.69, 9.17) is 18.9 Å². The molecule has 0 saturated carbocycles. The molecule has 3 aromatic carbocycles. The molecule has 3 unspecified atom stereocenters. The van der Waals surface area contributed by atoms with E-state index in [9.17, 15) is 4.79 Å². The van der Waals surface area contributed by atoms with Gasteiger partial charge in [-0.05, 0) is 47.5 Å². The number of methoxy groups -OCH3 is 2. The number of anilines is 2. The molecule has 184 valence electrons. The van der Waals surface area contributed by atoms with Gasteiger partial charge in [0.15, 0.2) is 23.0 Å². The minimum atomic E-state index is -0.412. The van der Waals surface area contributed by atoms with Crippen LogP contribution in [0.25, 0.3) is 0 Å². The van der Waals surface area contributed by atoms with Crippen molar-refractivity contribution < 1.29 is 23.7 Å². The number of fused-ring (bicyclic) bond motifs is 3. The fourth-order valence-electron chi connectivity index (χ4n) is 5.23. The van der Waals surface area contributed by atoms with Crippen LogP contribution in [0.15, 0.2) is 70.8 Å². The normalized spacial score (nSPS) is 21.8. The Bertz CT molecular complexity index is 1390. The molecule has 7 nitrogen and oxygen atoms in total. The van der Waals surface area contributed by atoms with Crippen molar-refractivity contribution in [3.63, 3.8) is 0 Å². The number of ether oxygens (including phenoxy) is 4. The molecule has 0 spiro atoms. The number of rotatable bonds is 4. The van der Waals surface area contributed by atoms with E-state index in [2.05, 4.69) is 32.6 Å². The van der Waals surface area contributed by atoms with E-state index >= 15 is 0 Å². The van der Waals surface area contributed by atoms with Crippen molar-refractivity contribution in [2.75, 3.05) is 31.6 Å². The summed E-state index contributed by atoms with van der Waals surface area (Å²) in [6, 6.07) is 17.4. The lowest BCUT2D eigenvalue weighted by atomic mass is 9.76. The van der Waals surface area contributed by atoms with Gasteiger partial charge < -0.3 is 29.6 Å². The van der Waals surface area contributed by atoms with Gasteiger partial charge in [-0.3, -0.25) is 4.79 Å². The Kier molecular flexibility index (Phi) is 5.76. The van der Waals surface area contributed by atoms with Gasteiger partial charge in [0.25, 0.3) is 0 Å². The third-order valence-electron chi connectivity index (χ3n) is 7.00. The third-order valence-corrected chi connectivity index (χ3v) is 7.68. The molecule has 8 heteroatoms. The van der Waals surface area contributed by atoms with Gasteiger partial charge in [-0.25, -0.2) is 0 Å². The van der Waals surface area contributed by atoms with Crippen molar-refractivity contribution in [2.45, 2.75) is 18.4 Å². The van der Waals surface area contributed by atoms with E-state index in [1.807, 2.05) is 54.6 Å². The van der Waals surface area contributed by atoms with E-state index in [0.717, 1.165) is 32.7 Å². The first-order chi connectivity index (χ1) is 17.6. The summed E-state index contributed by atoms with van der Waals surface area (Å²) >= 11 is 3.71. The number of carbonyl (C=O) groups is 1. The maximum absolute atomic E-state index is 13.9. The average molecular weight is 549 g/mol. The molecule has 6 rings (SSSR count). The lowest BCUT2D eigenvalue weighted by Gasteiger charge is -2.33. The second-order valence-electron chi connectivity index (χ2n) is 9.01. The van der Waals surface area contributed by atoms with E-state index in [-0.39, 0.29) is 24.5 Å². The van der Waals surface area contributed by atoms with Crippen LogP contribution in [0.4, 0.5) is 11.4 Å². The molecule has 2 N–H and O–H groups in total. The average Bonchev–Trinajstić information content (AvgIpc) is 3.27. The predicted molar refractivity (Wildman–Crippen MR) is 140 cm³/mol. The summed E-state index contributed by atoms with van der Waals surface area (Å²) in [5.41, 5.74) is 4.66. The van der Waals surface area contributed by atoms with Crippen molar-refractivity contribution >= 4 is 33.1 Å². The molecule has 3 aliphatic rings. The second-order valence-corrected chi connectivity index (χ2v) is 9.86. The quantitative estimate of drug-likeness (QED) is 0.412. The maximum atomic E-state index is 13.9. The molecule has 0 fully saturated rings. The molecule has 0 aromatic heterocycles. The Hall–Kier alpha value is -3.65. The molecule has 1 aliphatic carbocycles. The van der Waals surface area contributed by atoms with E-state index in [0.29, 0.717) is 29.4 Å². The monoisotopic (exact) mass is 548 g/mol. The molecular weight excluding hydrogens is 524 g/mol. The Morgan fingerprint density at radius 3 is 2.47 bits per heavy atom. The zero-order chi connectivity index (χ0) is 24.8. The molecular formula is C28H25BrN2O5. The molecule has 0 radical (unpaired) electrons. The summed E-state index contributed by atoms with van der Waals surface area (Å²) in [5, 5.41) is 7.20. The molecule has 0 bridgehead atoms. The van der Waals surface area contributed by atoms with Crippen molar-refractivity contribution in [3.8, 4) is 23.0 Å². The van der Waals surface area contributed by atoms with Gasteiger partial charge in [-0.2, -0.15) is 0 Å². The van der Waals surface area contributed by atoms with Crippen LogP contribution in [0.1, 0.15) is 29.5 Å². The number of allylic oxidation sites excluding steroid dienone is 1. The van der Waals surface area contributed by atoms with Crippen LogP contribution >= 0.6 is 15.9 Å². The van der Waals surface area contributed by atoms with E-state index < -0.39 is 5.92 Å². The molecule has 2 aliphatic heterocycles. The second kappa shape index (κ2) is 9.09. The Labute approximate surface area is 217 Å². The van der Waals surface area contributed by atoms with Crippen LogP contribution in [0.2, 0.25) is 0 Å². The van der Waals surface area contributed by atoms with Crippen LogP contribution in [-0.2, 0) is 4.79 Å². The van der Waals surface area contributed by atoms with Gasteiger partial charge >= 0.3 is 0 Å². The molecule has 0 amide bonds. The number of ketones is 1. The molecule has 3 aromatic rings. The summed E-state index contributed by atoms with van der Waals surface area (Å²) in [5.74, 6) is 2.31. The largest absolute Gasteiger partial charge is 0.493 e. The number of halogens is 1. The molecule has 3 atom stereocenters.